The Balaban J connectivity index is 2.66. The van der Waals surface area contributed by atoms with Gasteiger partial charge in [0.15, 0.2) is 0 Å². The molecule has 2 rings (SSSR count). The van der Waals surface area contributed by atoms with Crippen LogP contribution in [0.15, 0.2) is 24.4 Å². The van der Waals surface area contributed by atoms with Crippen molar-refractivity contribution < 1.29 is 9.31 Å². The van der Waals surface area contributed by atoms with Gasteiger partial charge in [-0.3, -0.25) is 10.1 Å². The molecule has 0 amide bonds. The fraction of sp³-hybridized carbons (Fsp3) is 0. The lowest BCUT2D eigenvalue weighted by molar-refractivity contribution is -0.383. The highest BCUT2D eigenvalue weighted by molar-refractivity contribution is 6.32. The molecule has 0 atom stereocenters. The third kappa shape index (κ3) is 1.80. The molecule has 0 fully saturated rings. The first-order valence-corrected chi connectivity index (χ1v) is 4.82. The molecule has 1 aromatic carbocycles. The number of hydrogen-bond acceptors (Lipinski definition) is 4. The Kier molecular flexibility index (Phi) is 2.68. The maximum atomic E-state index is 13.6. The average Bonchev–Trinajstić information content (AvgIpc) is 2.61. The van der Waals surface area contributed by atoms with Gasteiger partial charge >= 0.3 is 5.69 Å². The van der Waals surface area contributed by atoms with Crippen molar-refractivity contribution in [3.05, 3.63) is 45.4 Å². The average molecular weight is 257 g/mol. The number of nitrogen functional groups attached to an aromatic ring is 1. The van der Waals surface area contributed by atoms with Crippen LogP contribution in [0.4, 0.5) is 15.9 Å². The lowest BCUT2D eigenvalue weighted by atomic mass is 10.3. The molecule has 0 aliphatic carbocycles. The highest BCUT2D eigenvalue weighted by atomic mass is 35.5. The minimum absolute atomic E-state index is 0.0645. The smallest absolute Gasteiger partial charge is 0.331 e. The lowest BCUT2D eigenvalue weighted by Gasteiger charge is -2.06. The molecule has 0 spiro atoms. The van der Waals surface area contributed by atoms with E-state index in [-0.39, 0.29) is 16.5 Å². The van der Waals surface area contributed by atoms with Crippen molar-refractivity contribution in [2.75, 3.05) is 5.73 Å². The van der Waals surface area contributed by atoms with Gasteiger partial charge in [-0.05, 0) is 12.1 Å². The van der Waals surface area contributed by atoms with Crippen molar-refractivity contribution in [3.8, 4) is 5.69 Å². The number of rotatable bonds is 2. The lowest BCUT2D eigenvalue weighted by Crippen LogP contribution is -2.05. The van der Waals surface area contributed by atoms with Gasteiger partial charge in [-0.2, -0.15) is 5.10 Å². The van der Waals surface area contributed by atoms with E-state index < -0.39 is 16.4 Å². The number of nitro groups is 1. The van der Waals surface area contributed by atoms with Gasteiger partial charge < -0.3 is 5.73 Å². The normalized spacial score (nSPS) is 10.5. The van der Waals surface area contributed by atoms with E-state index in [9.17, 15) is 14.5 Å². The van der Waals surface area contributed by atoms with Crippen LogP contribution in [-0.2, 0) is 0 Å². The van der Waals surface area contributed by atoms with Gasteiger partial charge in [-0.25, -0.2) is 9.07 Å². The SMILES string of the molecule is Nc1c([N+](=O)[O-])cnn1-c1c(F)cccc1Cl. The molecule has 8 heteroatoms. The van der Waals surface area contributed by atoms with Crippen LogP contribution < -0.4 is 5.73 Å². The van der Waals surface area contributed by atoms with E-state index in [1.807, 2.05) is 0 Å². The zero-order chi connectivity index (χ0) is 12.6. The fourth-order valence-electron chi connectivity index (χ4n) is 1.36. The number of nitrogens with two attached hydrogens (primary N) is 1. The number of benzene rings is 1. The van der Waals surface area contributed by atoms with Crippen LogP contribution in [0, 0.1) is 15.9 Å². The summed E-state index contributed by atoms with van der Waals surface area (Å²) in [6, 6.07) is 4.01. The van der Waals surface area contributed by atoms with Gasteiger partial charge in [0.2, 0.25) is 5.82 Å². The molecule has 88 valence electrons. The molecule has 1 aromatic heterocycles. The van der Waals surface area contributed by atoms with Crippen LogP contribution in [0.25, 0.3) is 5.69 Å². The van der Waals surface area contributed by atoms with Crippen LogP contribution in [-0.4, -0.2) is 14.7 Å². The molecule has 0 saturated heterocycles. The zero-order valence-corrected chi connectivity index (χ0v) is 9.06. The molecule has 2 aromatic rings. The van der Waals surface area contributed by atoms with Crippen LogP contribution >= 0.6 is 11.6 Å². The molecule has 1 heterocycles. The number of aromatic nitrogens is 2. The Labute approximate surface area is 99.6 Å². The van der Waals surface area contributed by atoms with E-state index >= 15 is 0 Å². The van der Waals surface area contributed by atoms with Crippen molar-refractivity contribution in [2.45, 2.75) is 0 Å². The van der Waals surface area contributed by atoms with E-state index in [2.05, 4.69) is 5.10 Å². The van der Waals surface area contributed by atoms with Crippen molar-refractivity contribution in [2.24, 2.45) is 0 Å². The summed E-state index contributed by atoms with van der Waals surface area (Å²) >= 11 is 5.80. The van der Waals surface area contributed by atoms with Gasteiger partial charge in [0.05, 0.1) is 9.95 Å². The van der Waals surface area contributed by atoms with E-state index in [0.29, 0.717) is 0 Å². The van der Waals surface area contributed by atoms with Gasteiger partial charge in [-0.1, -0.05) is 17.7 Å². The van der Waals surface area contributed by atoms with Crippen molar-refractivity contribution in [1.29, 1.82) is 0 Å². The molecule has 0 saturated carbocycles. The van der Waals surface area contributed by atoms with E-state index in [1.54, 1.807) is 0 Å². The monoisotopic (exact) mass is 256 g/mol. The summed E-state index contributed by atoms with van der Waals surface area (Å²) in [5.74, 6) is -0.941. The first-order valence-electron chi connectivity index (χ1n) is 4.44. The Morgan fingerprint density at radius 1 is 1.53 bits per heavy atom. The summed E-state index contributed by atoms with van der Waals surface area (Å²) < 4.78 is 14.5. The molecule has 0 unspecified atom stereocenters. The largest absolute Gasteiger partial charge is 0.378 e. The summed E-state index contributed by atoms with van der Waals surface area (Å²) in [5.41, 5.74) is 5.00. The molecular weight excluding hydrogens is 251 g/mol. The third-order valence-corrected chi connectivity index (χ3v) is 2.44. The van der Waals surface area contributed by atoms with Crippen LogP contribution in [0.5, 0.6) is 0 Å². The zero-order valence-electron chi connectivity index (χ0n) is 8.30. The first-order chi connectivity index (χ1) is 8.02. The molecule has 0 aliphatic rings. The summed E-state index contributed by atoms with van der Waals surface area (Å²) in [4.78, 5) is 9.88. The van der Waals surface area contributed by atoms with Gasteiger partial charge in [0.25, 0.3) is 0 Å². The van der Waals surface area contributed by atoms with Crippen LogP contribution in [0.3, 0.4) is 0 Å². The van der Waals surface area contributed by atoms with Gasteiger partial charge in [0.1, 0.15) is 17.7 Å². The first kappa shape index (κ1) is 11.3. The number of anilines is 1. The highest BCUT2D eigenvalue weighted by Gasteiger charge is 2.21. The Morgan fingerprint density at radius 2 is 2.24 bits per heavy atom. The standard InChI is InChI=1S/C9H6ClFN4O2/c10-5-2-1-3-6(11)8(5)14-9(12)7(4-13-14)15(16)17/h1-4H,12H2. The molecule has 2 N–H and O–H groups in total. The minimum Gasteiger partial charge on any atom is -0.378 e. The third-order valence-electron chi connectivity index (χ3n) is 2.13. The van der Waals surface area contributed by atoms with E-state index in [1.165, 1.54) is 12.1 Å². The van der Waals surface area contributed by atoms with Crippen molar-refractivity contribution in [1.82, 2.24) is 9.78 Å². The second-order valence-corrected chi connectivity index (χ2v) is 3.56. The second-order valence-electron chi connectivity index (χ2n) is 3.15. The van der Waals surface area contributed by atoms with E-state index in [0.717, 1.165) is 16.9 Å². The van der Waals surface area contributed by atoms with Crippen molar-refractivity contribution >= 4 is 23.1 Å². The Hall–Kier alpha value is -2.15. The topological polar surface area (TPSA) is 87.0 Å². The van der Waals surface area contributed by atoms with Crippen LogP contribution in [0.1, 0.15) is 0 Å². The Morgan fingerprint density at radius 3 is 2.76 bits per heavy atom. The minimum atomic E-state index is -0.701. The summed E-state index contributed by atoms with van der Waals surface area (Å²) in [7, 11) is 0. The molecular formula is C9H6ClFN4O2. The number of hydrogen-bond donors (Lipinski definition) is 1. The second kappa shape index (κ2) is 4.02. The fourth-order valence-corrected chi connectivity index (χ4v) is 1.60. The van der Waals surface area contributed by atoms with Gasteiger partial charge in [-0.15, -0.1) is 0 Å². The highest BCUT2D eigenvalue weighted by Crippen LogP contribution is 2.29. The molecule has 0 aliphatic heterocycles. The van der Waals surface area contributed by atoms with Crippen molar-refractivity contribution in [3.63, 3.8) is 0 Å². The van der Waals surface area contributed by atoms with E-state index in [4.69, 9.17) is 17.3 Å². The maximum absolute atomic E-state index is 13.6. The Bertz CT molecular complexity index is 578. The predicted molar refractivity (Wildman–Crippen MR) is 59.6 cm³/mol. The predicted octanol–water partition coefficient (Wildman–Crippen LogP) is 2.16. The molecule has 17 heavy (non-hydrogen) atoms. The summed E-state index contributed by atoms with van der Waals surface area (Å²) in [5, 5.41) is 14.3. The molecule has 0 bridgehead atoms. The summed E-state index contributed by atoms with van der Waals surface area (Å²) in [6.07, 6.45) is 0.943. The number of nitrogens with zero attached hydrogens (tertiary/aromatic N) is 3. The summed E-state index contributed by atoms with van der Waals surface area (Å²) in [6.45, 7) is 0. The number of halogens is 2. The quantitative estimate of drug-likeness (QED) is 0.659. The van der Waals surface area contributed by atoms with Crippen LogP contribution in [0.2, 0.25) is 5.02 Å². The number of para-hydroxylation sites is 1. The van der Waals surface area contributed by atoms with Gasteiger partial charge in [0, 0.05) is 0 Å². The molecule has 6 nitrogen and oxygen atoms in total. The molecule has 0 radical (unpaired) electrons. The maximum Gasteiger partial charge on any atom is 0.331 e.